The van der Waals surface area contributed by atoms with Crippen molar-refractivity contribution >= 4 is 29.5 Å². The van der Waals surface area contributed by atoms with Gasteiger partial charge in [-0.25, -0.2) is 8.78 Å². The van der Waals surface area contributed by atoms with Crippen molar-refractivity contribution in [3.63, 3.8) is 0 Å². The lowest BCUT2D eigenvalue weighted by Gasteiger charge is -2.38. The van der Waals surface area contributed by atoms with Crippen LogP contribution in [0.3, 0.4) is 0 Å². The SMILES string of the molecule is CC(C)(C)[C@H](NC(=O)C(F)(F)F)C(=O)N1C[C@@H]2[C@H]3C[C@@H]([C@@H]2[C@H]1C(=O)N[C@@H](C[C@@H]1CCNC1=O)C(N)=O)C(F)(F)C3. The third kappa shape index (κ3) is 5.47. The van der Waals surface area contributed by atoms with Crippen LogP contribution in [0.25, 0.3) is 0 Å². The van der Waals surface area contributed by atoms with Crippen LogP contribution < -0.4 is 21.7 Å². The molecule has 0 unspecified atom stereocenters. The van der Waals surface area contributed by atoms with E-state index in [-0.39, 0.29) is 25.3 Å². The number of nitrogens with zero attached hydrogens (tertiary/aromatic N) is 1. The Morgan fingerprint density at radius 1 is 1.15 bits per heavy atom. The predicted octanol–water partition coefficient (Wildman–Crippen LogP) is 0.694. The fourth-order valence-corrected chi connectivity index (χ4v) is 6.96. The zero-order chi connectivity index (χ0) is 29.9. The molecule has 0 aromatic carbocycles. The van der Waals surface area contributed by atoms with Crippen molar-refractivity contribution in [3.8, 4) is 0 Å². The maximum absolute atomic E-state index is 14.9. The number of hydrogen-bond donors (Lipinski definition) is 4. The van der Waals surface area contributed by atoms with Crippen LogP contribution in [0.1, 0.15) is 46.5 Å². The molecule has 224 valence electrons. The van der Waals surface area contributed by atoms with E-state index in [2.05, 4.69) is 10.6 Å². The van der Waals surface area contributed by atoms with E-state index >= 15 is 0 Å². The number of halogens is 5. The predicted molar refractivity (Wildman–Crippen MR) is 128 cm³/mol. The first-order chi connectivity index (χ1) is 18.3. The quantitative estimate of drug-likeness (QED) is 0.328. The molecule has 0 radical (unpaired) electrons. The first-order valence-electron chi connectivity index (χ1n) is 13.3. The van der Waals surface area contributed by atoms with Crippen molar-refractivity contribution in [3.05, 3.63) is 0 Å². The van der Waals surface area contributed by atoms with Gasteiger partial charge in [0.1, 0.15) is 18.1 Å². The number of likely N-dealkylation sites (tertiary alicyclic amines) is 1. The molecule has 10 nitrogen and oxygen atoms in total. The van der Waals surface area contributed by atoms with Gasteiger partial charge in [-0.05, 0) is 36.5 Å². The number of nitrogens with two attached hydrogens (primary N) is 1. The highest BCUT2D eigenvalue weighted by Gasteiger charge is 2.68. The molecular weight excluding hydrogens is 545 g/mol. The molecule has 4 aliphatic rings. The minimum absolute atomic E-state index is 0.128. The monoisotopic (exact) mass is 579 g/mol. The minimum atomic E-state index is -5.29. The Kier molecular flexibility index (Phi) is 7.59. The standard InChI is InChI=1S/C25H34F5N5O5/c1-23(2,3)17(34-22(40)25(28,29)30)21(39)35-9-12-11-6-13(24(26,27)8-11)15(12)16(35)20(38)33-14(18(31)36)7-10-4-5-32-19(10)37/h10-17H,4-9H2,1-3H3,(H2,31,36)(H,32,37)(H,33,38)(H,34,40)/t10-,11-,12+,13-,14-,15+,16-,17+/m0/s1. The van der Waals surface area contributed by atoms with Gasteiger partial charge in [0.2, 0.25) is 23.6 Å². The zero-order valence-corrected chi connectivity index (χ0v) is 22.3. The number of rotatable bonds is 7. The molecule has 2 saturated carbocycles. The highest BCUT2D eigenvalue weighted by molar-refractivity contribution is 5.96. The van der Waals surface area contributed by atoms with Crippen LogP contribution in [0.2, 0.25) is 0 Å². The number of carbonyl (C=O) groups is 5. The number of amides is 5. The van der Waals surface area contributed by atoms with Crippen molar-refractivity contribution in [1.82, 2.24) is 20.9 Å². The molecular formula is C25H34F5N5O5. The van der Waals surface area contributed by atoms with Crippen LogP contribution in [0.5, 0.6) is 0 Å². The average molecular weight is 580 g/mol. The number of carbonyl (C=O) groups excluding carboxylic acids is 5. The fourth-order valence-electron chi connectivity index (χ4n) is 6.96. The summed E-state index contributed by atoms with van der Waals surface area (Å²) in [4.78, 5) is 64.4. The van der Waals surface area contributed by atoms with Gasteiger partial charge in [-0.3, -0.25) is 24.0 Å². The van der Waals surface area contributed by atoms with Crippen LogP contribution >= 0.6 is 0 Å². The highest BCUT2D eigenvalue weighted by Crippen LogP contribution is 2.63. The molecule has 40 heavy (non-hydrogen) atoms. The highest BCUT2D eigenvalue weighted by atomic mass is 19.4. The van der Waals surface area contributed by atoms with Crippen molar-refractivity contribution in [2.45, 2.75) is 76.7 Å². The Morgan fingerprint density at radius 2 is 1.80 bits per heavy atom. The van der Waals surface area contributed by atoms with Crippen LogP contribution in [-0.4, -0.2) is 77.7 Å². The number of alkyl halides is 5. The molecule has 2 aliphatic heterocycles. The minimum Gasteiger partial charge on any atom is -0.368 e. The summed E-state index contributed by atoms with van der Waals surface area (Å²) in [6, 6.07) is -4.62. The van der Waals surface area contributed by atoms with Gasteiger partial charge < -0.3 is 26.6 Å². The number of fused-ring (bicyclic) bond motifs is 5. The molecule has 2 bridgehead atoms. The average Bonchev–Trinajstić information content (AvgIpc) is 3.55. The molecule has 0 spiro atoms. The van der Waals surface area contributed by atoms with Crippen molar-refractivity contribution in [1.29, 1.82) is 0 Å². The van der Waals surface area contributed by atoms with E-state index in [1.807, 2.05) is 0 Å². The van der Waals surface area contributed by atoms with E-state index in [9.17, 15) is 45.9 Å². The van der Waals surface area contributed by atoms with Crippen LogP contribution in [0.15, 0.2) is 0 Å². The molecule has 8 atom stereocenters. The lowest BCUT2D eigenvalue weighted by Crippen LogP contribution is -2.61. The van der Waals surface area contributed by atoms with Crippen LogP contribution in [0, 0.1) is 35.0 Å². The Balaban J connectivity index is 1.65. The molecule has 2 aliphatic carbocycles. The van der Waals surface area contributed by atoms with Gasteiger partial charge in [-0.15, -0.1) is 0 Å². The number of primary amides is 1. The molecule has 5 amide bonds. The van der Waals surface area contributed by atoms with Gasteiger partial charge >= 0.3 is 12.1 Å². The van der Waals surface area contributed by atoms with Crippen LogP contribution in [0.4, 0.5) is 22.0 Å². The largest absolute Gasteiger partial charge is 0.471 e. The smallest absolute Gasteiger partial charge is 0.368 e. The molecule has 0 aromatic heterocycles. The Hall–Kier alpha value is -3.00. The van der Waals surface area contributed by atoms with Gasteiger partial charge in [0.25, 0.3) is 5.92 Å². The summed E-state index contributed by atoms with van der Waals surface area (Å²) in [7, 11) is 0. The van der Waals surface area contributed by atoms with E-state index in [4.69, 9.17) is 5.73 Å². The van der Waals surface area contributed by atoms with Crippen molar-refractivity contribution in [2.75, 3.05) is 13.1 Å². The van der Waals surface area contributed by atoms with Gasteiger partial charge in [-0.1, -0.05) is 20.8 Å². The topological polar surface area (TPSA) is 151 Å². The van der Waals surface area contributed by atoms with E-state index < -0.39 is 95.3 Å². The summed E-state index contributed by atoms with van der Waals surface area (Å²) in [6.45, 7) is 4.47. The van der Waals surface area contributed by atoms with Gasteiger partial charge in [0.15, 0.2) is 0 Å². The lowest BCUT2D eigenvalue weighted by molar-refractivity contribution is -0.176. The Bertz CT molecular complexity index is 1090. The van der Waals surface area contributed by atoms with Gasteiger partial charge in [0, 0.05) is 37.3 Å². The summed E-state index contributed by atoms with van der Waals surface area (Å²) in [5.41, 5.74) is 4.23. The molecule has 2 saturated heterocycles. The second kappa shape index (κ2) is 10.1. The summed E-state index contributed by atoms with van der Waals surface area (Å²) in [5, 5.41) is 6.74. The lowest BCUT2D eigenvalue weighted by atomic mass is 9.76. The van der Waals surface area contributed by atoms with Gasteiger partial charge in [0.05, 0.1) is 0 Å². The molecule has 4 rings (SSSR count). The first kappa shape index (κ1) is 30.0. The molecule has 15 heteroatoms. The van der Waals surface area contributed by atoms with E-state index in [1.165, 1.54) is 20.8 Å². The maximum atomic E-state index is 14.9. The summed E-state index contributed by atoms with van der Waals surface area (Å²) >= 11 is 0. The summed E-state index contributed by atoms with van der Waals surface area (Å²) in [6.07, 6.45) is -5.34. The first-order valence-corrected chi connectivity index (χ1v) is 13.3. The van der Waals surface area contributed by atoms with Crippen molar-refractivity contribution < 1.29 is 45.9 Å². The molecule has 5 N–H and O–H groups in total. The Morgan fingerprint density at radius 3 is 2.33 bits per heavy atom. The van der Waals surface area contributed by atoms with E-state index in [1.54, 1.807) is 5.32 Å². The third-order valence-electron chi connectivity index (χ3n) is 8.85. The number of hydrogen-bond acceptors (Lipinski definition) is 5. The second-order valence-electron chi connectivity index (χ2n) is 12.5. The second-order valence-corrected chi connectivity index (χ2v) is 12.5. The summed E-state index contributed by atoms with van der Waals surface area (Å²) in [5.74, 6) is -12.7. The number of nitrogens with one attached hydrogen (secondary N) is 3. The fraction of sp³-hybridized carbons (Fsp3) is 0.800. The molecule has 0 aromatic rings. The molecule has 4 fully saturated rings. The van der Waals surface area contributed by atoms with E-state index in [0.717, 1.165) is 4.90 Å². The normalized spacial score (nSPS) is 32.3. The molecule has 2 heterocycles. The van der Waals surface area contributed by atoms with Crippen LogP contribution in [-0.2, 0) is 24.0 Å². The maximum Gasteiger partial charge on any atom is 0.471 e. The Labute approximate surface area is 227 Å². The summed E-state index contributed by atoms with van der Waals surface area (Å²) < 4.78 is 69.0. The van der Waals surface area contributed by atoms with Gasteiger partial charge in [-0.2, -0.15) is 13.2 Å². The van der Waals surface area contributed by atoms with Crippen molar-refractivity contribution in [2.24, 2.45) is 40.7 Å². The third-order valence-corrected chi connectivity index (χ3v) is 8.85. The zero-order valence-electron chi connectivity index (χ0n) is 22.3. The van der Waals surface area contributed by atoms with E-state index in [0.29, 0.717) is 13.0 Å².